The average Bonchev–Trinajstić information content (AvgIpc) is 2.86. The van der Waals surface area contributed by atoms with Crippen LogP contribution in [0.25, 0.3) is 22.0 Å². The van der Waals surface area contributed by atoms with E-state index in [9.17, 15) is 14.0 Å². The van der Waals surface area contributed by atoms with E-state index in [-0.39, 0.29) is 30.4 Å². The van der Waals surface area contributed by atoms with Gasteiger partial charge < -0.3 is 10.2 Å². The van der Waals surface area contributed by atoms with Crippen LogP contribution in [-0.4, -0.2) is 41.8 Å². The third-order valence-electron chi connectivity index (χ3n) is 5.62. The molecule has 2 amide bonds. The molecule has 0 fully saturated rings. The van der Waals surface area contributed by atoms with E-state index in [1.165, 1.54) is 18.2 Å². The maximum Gasteiger partial charge on any atom is 0.254 e. The lowest BCUT2D eigenvalue weighted by molar-refractivity contribution is -0.109. The van der Waals surface area contributed by atoms with Crippen LogP contribution in [0.5, 0.6) is 0 Å². The molecule has 0 unspecified atom stereocenters. The molecule has 1 aromatic heterocycles. The van der Waals surface area contributed by atoms with Crippen molar-refractivity contribution < 1.29 is 18.4 Å². The second-order valence-corrected chi connectivity index (χ2v) is 7.82. The van der Waals surface area contributed by atoms with Gasteiger partial charge in [-0.15, -0.1) is 0 Å². The molecule has 0 saturated carbocycles. The Balaban J connectivity index is 1.57. The molecule has 4 rings (SSSR count). The monoisotopic (exact) mass is 459 g/mol. The Hall–Kier alpha value is -4.13. The van der Waals surface area contributed by atoms with Crippen LogP contribution < -0.4 is 5.32 Å². The lowest BCUT2D eigenvalue weighted by Crippen LogP contribution is -2.38. The molecule has 34 heavy (non-hydrogen) atoms. The number of amides is 2. The van der Waals surface area contributed by atoms with Crippen molar-refractivity contribution in [3.63, 3.8) is 0 Å². The van der Waals surface area contributed by atoms with Gasteiger partial charge in [-0.3, -0.25) is 14.6 Å². The zero-order valence-corrected chi connectivity index (χ0v) is 18.4. The summed E-state index contributed by atoms with van der Waals surface area (Å²) in [4.78, 5) is 29.8. The highest BCUT2D eigenvalue weighted by molar-refractivity contribution is 5.97. The van der Waals surface area contributed by atoms with E-state index < -0.39 is 5.82 Å². The van der Waals surface area contributed by atoms with E-state index in [1.807, 2.05) is 24.3 Å². The minimum absolute atomic E-state index is 0.208. The quantitative estimate of drug-likeness (QED) is 0.294. The number of pyridine rings is 1. The molecule has 3 aromatic carbocycles. The van der Waals surface area contributed by atoms with Crippen molar-refractivity contribution in [3.8, 4) is 11.1 Å². The Kier molecular flexibility index (Phi) is 7.22. The highest BCUT2D eigenvalue weighted by Gasteiger charge is 2.18. The predicted molar refractivity (Wildman–Crippen MR) is 127 cm³/mol. The van der Waals surface area contributed by atoms with Crippen LogP contribution in [-0.2, 0) is 11.2 Å². The summed E-state index contributed by atoms with van der Waals surface area (Å²) in [7, 11) is 0. The smallest absolute Gasteiger partial charge is 0.254 e. The average molecular weight is 459 g/mol. The number of hydrogen-bond acceptors (Lipinski definition) is 3. The van der Waals surface area contributed by atoms with Gasteiger partial charge in [0.2, 0.25) is 6.41 Å². The standard InChI is InChI=1S/C27H23F2N3O2/c28-22-9-6-19(7-10-22)12-15-32(16-14-30-18-33)27(34)21-8-11-23(25(29)17-21)24-5-1-3-20-4-2-13-31-26(20)24/h1-11,13,17-18H,12,14-16H2,(H,30,33). The summed E-state index contributed by atoms with van der Waals surface area (Å²) in [5.74, 6) is -1.20. The Labute approximate surface area is 196 Å². The highest BCUT2D eigenvalue weighted by Crippen LogP contribution is 2.29. The van der Waals surface area contributed by atoms with Crippen molar-refractivity contribution in [1.82, 2.24) is 15.2 Å². The van der Waals surface area contributed by atoms with Crippen molar-refractivity contribution >= 4 is 23.2 Å². The molecule has 0 saturated heterocycles. The maximum absolute atomic E-state index is 15.2. The van der Waals surface area contributed by atoms with Crippen molar-refractivity contribution in [2.75, 3.05) is 19.6 Å². The summed E-state index contributed by atoms with van der Waals surface area (Å²) in [6.45, 7) is 0.859. The summed E-state index contributed by atoms with van der Waals surface area (Å²) in [6, 6.07) is 19.8. The van der Waals surface area contributed by atoms with E-state index >= 15 is 4.39 Å². The second-order valence-electron chi connectivity index (χ2n) is 7.82. The number of aromatic nitrogens is 1. The van der Waals surface area contributed by atoms with Gasteiger partial charge in [-0.05, 0) is 42.3 Å². The molecule has 0 bridgehead atoms. The molecule has 0 radical (unpaired) electrons. The van der Waals surface area contributed by atoms with E-state index in [1.54, 1.807) is 41.4 Å². The summed E-state index contributed by atoms with van der Waals surface area (Å²) in [5.41, 5.74) is 2.77. The van der Waals surface area contributed by atoms with Gasteiger partial charge in [0.25, 0.3) is 5.91 Å². The highest BCUT2D eigenvalue weighted by atomic mass is 19.1. The fraction of sp³-hybridized carbons (Fsp3) is 0.148. The third kappa shape index (κ3) is 5.26. The van der Waals surface area contributed by atoms with Gasteiger partial charge >= 0.3 is 0 Å². The van der Waals surface area contributed by atoms with Gasteiger partial charge in [0.1, 0.15) is 11.6 Å². The lowest BCUT2D eigenvalue weighted by atomic mass is 9.99. The van der Waals surface area contributed by atoms with Crippen LogP contribution in [0.1, 0.15) is 15.9 Å². The summed E-state index contributed by atoms with van der Waals surface area (Å²) in [6.07, 6.45) is 2.72. The summed E-state index contributed by atoms with van der Waals surface area (Å²) >= 11 is 0. The van der Waals surface area contributed by atoms with E-state index in [0.717, 1.165) is 10.9 Å². The molecule has 172 valence electrons. The van der Waals surface area contributed by atoms with Crippen LogP contribution in [0.4, 0.5) is 8.78 Å². The minimum atomic E-state index is -0.520. The molecule has 0 atom stereocenters. The van der Waals surface area contributed by atoms with Crippen LogP contribution >= 0.6 is 0 Å². The lowest BCUT2D eigenvalue weighted by Gasteiger charge is -2.23. The number of benzene rings is 3. The number of nitrogens with one attached hydrogen (secondary N) is 1. The molecule has 0 aliphatic rings. The molecule has 4 aromatic rings. The Morgan fingerprint density at radius 2 is 1.74 bits per heavy atom. The SMILES string of the molecule is O=CNCCN(CCc1ccc(F)cc1)C(=O)c1ccc(-c2cccc3cccnc23)c(F)c1. The first-order valence-electron chi connectivity index (χ1n) is 10.9. The molecular formula is C27H23F2N3O2. The topological polar surface area (TPSA) is 62.3 Å². The Bertz CT molecular complexity index is 1300. The first-order valence-corrected chi connectivity index (χ1v) is 10.9. The fourth-order valence-corrected chi connectivity index (χ4v) is 3.86. The number of hydrogen-bond donors (Lipinski definition) is 1. The Morgan fingerprint density at radius 1 is 0.941 bits per heavy atom. The number of fused-ring (bicyclic) bond motifs is 1. The van der Waals surface area contributed by atoms with E-state index in [0.29, 0.717) is 36.0 Å². The van der Waals surface area contributed by atoms with Crippen molar-refractivity contribution in [1.29, 1.82) is 0 Å². The number of rotatable bonds is 9. The molecule has 1 N–H and O–H groups in total. The molecular weight excluding hydrogens is 436 g/mol. The molecule has 0 aliphatic carbocycles. The van der Waals surface area contributed by atoms with Gasteiger partial charge in [-0.2, -0.15) is 0 Å². The molecule has 0 aliphatic heterocycles. The van der Waals surface area contributed by atoms with E-state index in [2.05, 4.69) is 10.3 Å². The Morgan fingerprint density at radius 3 is 2.50 bits per heavy atom. The van der Waals surface area contributed by atoms with Gasteiger partial charge in [0, 0.05) is 47.9 Å². The van der Waals surface area contributed by atoms with Gasteiger partial charge in [0.15, 0.2) is 0 Å². The first-order chi connectivity index (χ1) is 16.6. The number of halogens is 2. The number of para-hydroxylation sites is 1. The number of nitrogens with zero attached hydrogens (tertiary/aromatic N) is 2. The maximum atomic E-state index is 15.2. The van der Waals surface area contributed by atoms with Gasteiger partial charge in [-0.1, -0.05) is 42.5 Å². The second kappa shape index (κ2) is 10.7. The molecule has 0 spiro atoms. The molecule has 5 nitrogen and oxygen atoms in total. The number of carbonyl (C=O) groups excluding carboxylic acids is 2. The van der Waals surface area contributed by atoms with Crippen LogP contribution in [0.3, 0.4) is 0 Å². The van der Waals surface area contributed by atoms with Crippen LogP contribution in [0, 0.1) is 11.6 Å². The van der Waals surface area contributed by atoms with Crippen LogP contribution in [0.2, 0.25) is 0 Å². The number of carbonyl (C=O) groups is 2. The van der Waals surface area contributed by atoms with Crippen LogP contribution in [0.15, 0.2) is 79.0 Å². The minimum Gasteiger partial charge on any atom is -0.357 e. The first kappa shape index (κ1) is 23.0. The van der Waals surface area contributed by atoms with Crippen molar-refractivity contribution in [2.24, 2.45) is 0 Å². The summed E-state index contributed by atoms with van der Waals surface area (Å²) < 4.78 is 28.4. The predicted octanol–water partition coefficient (Wildman–Crippen LogP) is 4.61. The normalized spacial score (nSPS) is 10.8. The van der Waals surface area contributed by atoms with E-state index in [4.69, 9.17) is 0 Å². The van der Waals surface area contributed by atoms with Gasteiger partial charge in [-0.25, -0.2) is 8.78 Å². The molecule has 1 heterocycles. The third-order valence-corrected chi connectivity index (χ3v) is 5.62. The zero-order valence-electron chi connectivity index (χ0n) is 18.4. The zero-order chi connectivity index (χ0) is 23.9. The largest absolute Gasteiger partial charge is 0.357 e. The summed E-state index contributed by atoms with van der Waals surface area (Å²) in [5, 5.41) is 3.44. The van der Waals surface area contributed by atoms with Crippen molar-refractivity contribution in [2.45, 2.75) is 6.42 Å². The van der Waals surface area contributed by atoms with Crippen molar-refractivity contribution in [3.05, 3.63) is 102 Å². The fourth-order valence-electron chi connectivity index (χ4n) is 3.86. The molecule has 7 heteroatoms. The van der Waals surface area contributed by atoms with Gasteiger partial charge in [0.05, 0.1) is 5.52 Å².